The Bertz CT molecular complexity index is 487. The van der Waals surface area contributed by atoms with Crippen LogP contribution in [0.25, 0.3) is 0 Å². The molecule has 2 rings (SSSR count). The molecule has 0 unspecified atom stereocenters. The number of carbonyl (C=O) groups is 2. The highest BCUT2D eigenvalue weighted by molar-refractivity contribution is 8.00. The summed E-state index contributed by atoms with van der Waals surface area (Å²) in [7, 11) is 0. The number of pyridine rings is 1. The van der Waals surface area contributed by atoms with Gasteiger partial charge in [0.25, 0.3) is 0 Å². The highest BCUT2D eigenvalue weighted by Crippen LogP contribution is 2.20. The molecule has 5 nitrogen and oxygen atoms in total. The van der Waals surface area contributed by atoms with E-state index in [4.69, 9.17) is 5.11 Å². The predicted molar refractivity (Wildman–Crippen MR) is 76.9 cm³/mol. The van der Waals surface area contributed by atoms with Crippen molar-refractivity contribution in [1.82, 2.24) is 10.3 Å². The molecular weight excluding hydrogens is 276 g/mol. The molecule has 1 amide bonds. The van der Waals surface area contributed by atoms with Crippen LogP contribution in [-0.4, -0.2) is 33.8 Å². The van der Waals surface area contributed by atoms with Gasteiger partial charge in [0.2, 0.25) is 5.91 Å². The minimum atomic E-state index is -1.06. The molecule has 0 atom stereocenters. The van der Waals surface area contributed by atoms with Crippen LogP contribution in [0.3, 0.4) is 0 Å². The largest absolute Gasteiger partial charge is 0.477 e. The number of thioether (sulfide) groups is 1. The first-order valence-corrected chi connectivity index (χ1v) is 7.75. The van der Waals surface area contributed by atoms with Crippen LogP contribution < -0.4 is 5.32 Å². The standard InChI is InChI=1S/C14H18N2O3S/c17-13(16-10-4-2-1-3-5-10)9-20-11-6-7-15-12(8-11)14(18)19/h6-8,10H,1-5,9H2,(H,16,17)(H,18,19). The van der Waals surface area contributed by atoms with E-state index in [1.54, 1.807) is 6.07 Å². The molecule has 1 fully saturated rings. The van der Waals surface area contributed by atoms with E-state index in [1.807, 2.05) is 0 Å². The second-order valence-corrected chi connectivity index (χ2v) is 5.92. The maximum atomic E-state index is 11.8. The van der Waals surface area contributed by atoms with Crippen LogP contribution >= 0.6 is 11.8 Å². The first kappa shape index (κ1) is 14.8. The number of nitrogens with zero attached hydrogens (tertiary/aromatic N) is 1. The Kier molecular flexibility index (Phi) is 5.40. The lowest BCUT2D eigenvalue weighted by Gasteiger charge is -2.22. The van der Waals surface area contributed by atoms with Crippen molar-refractivity contribution in [2.75, 3.05) is 5.75 Å². The SMILES string of the molecule is O=C(CSc1ccnc(C(=O)O)c1)NC1CCCCC1. The molecule has 20 heavy (non-hydrogen) atoms. The Labute approximate surface area is 122 Å². The third-order valence-electron chi connectivity index (χ3n) is 3.29. The van der Waals surface area contributed by atoms with Crippen molar-refractivity contribution < 1.29 is 14.7 Å². The zero-order valence-corrected chi connectivity index (χ0v) is 12.0. The van der Waals surface area contributed by atoms with Crippen LogP contribution in [0, 0.1) is 0 Å². The van der Waals surface area contributed by atoms with Crippen molar-refractivity contribution >= 4 is 23.6 Å². The van der Waals surface area contributed by atoms with Crippen molar-refractivity contribution in [2.45, 2.75) is 43.0 Å². The van der Waals surface area contributed by atoms with E-state index in [1.165, 1.54) is 43.3 Å². The average molecular weight is 294 g/mol. The van der Waals surface area contributed by atoms with Crippen LogP contribution in [-0.2, 0) is 4.79 Å². The topological polar surface area (TPSA) is 79.3 Å². The fourth-order valence-electron chi connectivity index (χ4n) is 2.28. The Morgan fingerprint density at radius 1 is 1.35 bits per heavy atom. The van der Waals surface area contributed by atoms with Gasteiger partial charge in [0.05, 0.1) is 5.75 Å². The van der Waals surface area contributed by atoms with E-state index in [-0.39, 0.29) is 11.6 Å². The van der Waals surface area contributed by atoms with Crippen LogP contribution in [0.4, 0.5) is 0 Å². The molecule has 2 N–H and O–H groups in total. The number of amides is 1. The highest BCUT2D eigenvalue weighted by atomic mass is 32.2. The van der Waals surface area contributed by atoms with Gasteiger partial charge in [-0.15, -0.1) is 11.8 Å². The molecule has 0 aromatic carbocycles. The van der Waals surface area contributed by atoms with Gasteiger partial charge in [0.15, 0.2) is 0 Å². The molecule has 0 radical (unpaired) electrons. The van der Waals surface area contributed by atoms with E-state index < -0.39 is 5.97 Å². The zero-order chi connectivity index (χ0) is 14.4. The first-order valence-electron chi connectivity index (χ1n) is 6.76. The summed E-state index contributed by atoms with van der Waals surface area (Å²) in [5.74, 6) is -0.741. The molecule has 1 aromatic rings. The van der Waals surface area contributed by atoms with Gasteiger partial charge >= 0.3 is 5.97 Å². The van der Waals surface area contributed by atoms with Gasteiger partial charge in [-0.3, -0.25) is 4.79 Å². The summed E-state index contributed by atoms with van der Waals surface area (Å²) < 4.78 is 0. The van der Waals surface area contributed by atoms with Crippen molar-refractivity contribution in [3.05, 3.63) is 24.0 Å². The lowest BCUT2D eigenvalue weighted by Crippen LogP contribution is -2.37. The summed E-state index contributed by atoms with van der Waals surface area (Å²) in [5, 5.41) is 11.9. The summed E-state index contributed by atoms with van der Waals surface area (Å²) in [6, 6.07) is 3.51. The Morgan fingerprint density at radius 3 is 2.80 bits per heavy atom. The van der Waals surface area contributed by atoms with Gasteiger partial charge in [-0.25, -0.2) is 9.78 Å². The average Bonchev–Trinajstić information content (AvgIpc) is 2.46. The number of rotatable bonds is 5. The lowest BCUT2D eigenvalue weighted by atomic mass is 9.95. The number of hydrogen-bond donors (Lipinski definition) is 2. The zero-order valence-electron chi connectivity index (χ0n) is 11.2. The normalized spacial score (nSPS) is 15.8. The number of aromatic carboxylic acids is 1. The fourth-order valence-corrected chi connectivity index (χ4v) is 3.02. The minimum absolute atomic E-state index is 0.00249. The summed E-state index contributed by atoms with van der Waals surface area (Å²) >= 11 is 1.33. The van der Waals surface area contributed by atoms with Crippen molar-refractivity contribution in [3.63, 3.8) is 0 Å². The number of carboxylic acid groups (broad SMARTS) is 1. The number of nitrogens with one attached hydrogen (secondary N) is 1. The van der Waals surface area contributed by atoms with Gasteiger partial charge < -0.3 is 10.4 Å². The van der Waals surface area contributed by atoms with Gasteiger partial charge in [0.1, 0.15) is 5.69 Å². The first-order chi connectivity index (χ1) is 9.65. The van der Waals surface area contributed by atoms with Gasteiger partial charge in [-0.1, -0.05) is 19.3 Å². The number of hydrogen-bond acceptors (Lipinski definition) is 4. The Balaban J connectivity index is 1.80. The van der Waals surface area contributed by atoms with Crippen LogP contribution in [0.2, 0.25) is 0 Å². The molecule has 0 saturated heterocycles. The third kappa shape index (κ3) is 4.52. The molecular formula is C14H18N2O3S. The third-order valence-corrected chi connectivity index (χ3v) is 4.28. The van der Waals surface area contributed by atoms with Crippen molar-refractivity contribution in [2.24, 2.45) is 0 Å². The van der Waals surface area contributed by atoms with Gasteiger partial charge in [-0.2, -0.15) is 0 Å². The number of carboxylic acids is 1. The van der Waals surface area contributed by atoms with E-state index in [0.717, 1.165) is 17.7 Å². The van der Waals surface area contributed by atoms with Crippen LogP contribution in [0.1, 0.15) is 42.6 Å². The monoisotopic (exact) mass is 294 g/mol. The number of aromatic nitrogens is 1. The fraction of sp³-hybridized carbons (Fsp3) is 0.500. The maximum Gasteiger partial charge on any atom is 0.354 e. The molecule has 6 heteroatoms. The molecule has 0 aliphatic heterocycles. The van der Waals surface area contributed by atoms with Crippen molar-refractivity contribution in [1.29, 1.82) is 0 Å². The van der Waals surface area contributed by atoms with E-state index in [2.05, 4.69) is 10.3 Å². The Morgan fingerprint density at radius 2 is 2.10 bits per heavy atom. The quantitative estimate of drug-likeness (QED) is 0.815. The van der Waals surface area contributed by atoms with E-state index >= 15 is 0 Å². The van der Waals surface area contributed by atoms with Crippen LogP contribution in [0.15, 0.2) is 23.2 Å². The second kappa shape index (κ2) is 7.28. The second-order valence-electron chi connectivity index (χ2n) is 4.87. The summed E-state index contributed by atoms with van der Waals surface area (Å²) in [6.45, 7) is 0. The molecule has 1 aliphatic carbocycles. The molecule has 1 aromatic heterocycles. The van der Waals surface area contributed by atoms with E-state index in [0.29, 0.717) is 11.8 Å². The molecule has 0 bridgehead atoms. The molecule has 1 aliphatic rings. The highest BCUT2D eigenvalue weighted by Gasteiger charge is 2.15. The molecule has 108 valence electrons. The van der Waals surface area contributed by atoms with Crippen LogP contribution in [0.5, 0.6) is 0 Å². The Hall–Kier alpha value is -1.56. The van der Waals surface area contributed by atoms with E-state index in [9.17, 15) is 9.59 Å². The molecule has 1 saturated carbocycles. The van der Waals surface area contributed by atoms with Gasteiger partial charge in [0, 0.05) is 17.1 Å². The summed E-state index contributed by atoms with van der Waals surface area (Å²) in [4.78, 5) is 27.1. The summed E-state index contributed by atoms with van der Waals surface area (Å²) in [6.07, 6.45) is 7.21. The predicted octanol–water partition coefficient (Wildman–Crippen LogP) is 2.32. The lowest BCUT2D eigenvalue weighted by molar-refractivity contribution is -0.119. The molecule has 0 spiro atoms. The maximum absolute atomic E-state index is 11.8. The van der Waals surface area contributed by atoms with Crippen molar-refractivity contribution in [3.8, 4) is 0 Å². The summed E-state index contributed by atoms with van der Waals surface area (Å²) in [5.41, 5.74) is 0.00249. The minimum Gasteiger partial charge on any atom is -0.477 e. The number of carbonyl (C=O) groups excluding carboxylic acids is 1. The van der Waals surface area contributed by atoms with Gasteiger partial charge in [-0.05, 0) is 25.0 Å². The smallest absolute Gasteiger partial charge is 0.354 e. The molecule has 1 heterocycles.